The lowest BCUT2D eigenvalue weighted by atomic mass is 10.0. The van der Waals surface area contributed by atoms with Crippen molar-refractivity contribution >= 4 is 33.2 Å². The molecule has 2 aromatic rings. The number of benzene rings is 2. The van der Waals surface area contributed by atoms with Crippen LogP contribution in [0.25, 0.3) is 0 Å². The fourth-order valence-corrected chi connectivity index (χ4v) is 2.80. The van der Waals surface area contributed by atoms with Crippen molar-refractivity contribution in [2.24, 2.45) is 0 Å². The standard InChI is InChI=1S/C17H19BrClN/c1-4-16(13-6-5-7-14(19)10-13)20-15-8-11(2)17(18)12(3)9-15/h5-10,16,20H,4H2,1-3H3. The van der Waals surface area contributed by atoms with Crippen LogP contribution in [0.3, 0.4) is 0 Å². The Bertz CT molecular complexity index is 587. The average molecular weight is 353 g/mol. The first-order valence-corrected chi connectivity index (χ1v) is 7.97. The van der Waals surface area contributed by atoms with E-state index in [4.69, 9.17) is 11.6 Å². The monoisotopic (exact) mass is 351 g/mol. The fourth-order valence-electron chi connectivity index (χ4n) is 2.37. The highest BCUT2D eigenvalue weighted by molar-refractivity contribution is 9.10. The Balaban J connectivity index is 2.27. The molecule has 0 aliphatic heterocycles. The summed E-state index contributed by atoms with van der Waals surface area (Å²) in [5.41, 5.74) is 4.86. The van der Waals surface area contributed by atoms with Crippen molar-refractivity contribution in [3.05, 3.63) is 62.6 Å². The van der Waals surface area contributed by atoms with Gasteiger partial charge in [0.15, 0.2) is 0 Å². The summed E-state index contributed by atoms with van der Waals surface area (Å²) in [6.45, 7) is 6.41. The molecule has 2 aromatic carbocycles. The van der Waals surface area contributed by atoms with Crippen molar-refractivity contribution in [1.29, 1.82) is 0 Å². The molecular weight excluding hydrogens is 334 g/mol. The van der Waals surface area contributed by atoms with Gasteiger partial charge in [0.1, 0.15) is 0 Å². The topological polar surface area (TPSA) is 12.0 Å². The second-order valence-corrected chi connectivity index (χ2v) is 6.31. The molecule has 0 saturated heterocycles. The smallest absolute Gasteiger partial charge is 0.0511 e. The molecule has 1 atom stereocenters. The number of nitrogens with one attached hydrogen (secondary N) is 1. The van der Waals surface area contributed by atoms with Gasteiger partial charge >= 0.3 is 0 Å². The van der Waals surface area contributed by atoms with Crippen LogP contribution >= 0.6 is 27.5 Å². The summed E-state index contributed by atoms with van der Waals surface area (Å²) in [6, 6.07) is 12.7. The highest BCUT2D eigenvalue weighted by Crippen LogP contribution is 2.29. The van der Waals surface area contributed by atoms with Crippen LogP contribution in [0.2, 0.25) is 5.02 Å². The van der Waals surface area contributed by atoms with Gasteiger partial charge in [-0.25, -0.2) is 0 Å². The van der Waals surface area contributed by atoms with Crippen LogP contribution in [0.15, 0.2) is 40.9 Å². The lowest BCUT2D eigenvalue weighted by Gasteiger charge is -2.20. The Morgan fingerprint density at radius 2 is 1.80 bits per heavy atom. The van der Waals surface area contributed by atoms with Gasteiger partial charge in [-0.1, -0.05) is 46.6 Å². The van der Waals surface area contributed by atoms with Crippen LogP contribution in [-0.4, -0.2) is 0 Å². The van der Waals surface area contributed by atoms with Gasteiger partial charge in [-0.3, -0.25) is 0 Å². The zero-order valence-corrected chi connectivity index (χ0v) is 14.3. The second-order valence-electron chi connectivity index (χ2n) is 5.08. The molecule has 0 bridgehead atoms. The molecule has 0 fully saturated rings. The minimum atomic E-state index is 0.272. The molecule has 0 spiro atoms. The average Bonchev–Trinajstić information content (AvgIpc) is 2.42. The van der Waals surface area contributed by atoms with Gasteiger partial charge in [0.2, 0.25) is 0 Å². The van der Waals surface area contributed by atoms with Gasteiger partial charge in [-0.2, -0.15) is 0 Å². The van der Waals surface area contributed by atoms with Crippen molar-refractivity contribution < 1.29 is 0 Å². The first-order chi connectivity index (χ1) is 9.51. The second kappa shape index (κ2) is 6.64. The van der Waals surface area contributed by atoms with Crippen LogP contribution in [0, 0.1) is 13.8 Å². The van der Waals surface area contributed by atoms with E-state index in [1.54, 1.807) is 0 Å². The van der Waals surface area contributed by atoms with E-state index in [0.717, 1.165) is 17.1 Å². The summed E-state index contributed by atoms with van der Waals surface area (Å²) in [7, 11) is 0. The van der Waals surface area contributed by atoms with Crippen LogP contribution in [0.4, 0.5) is 5.69 Å². The maximum Gasteiger partial charge on any atom is 0.0511 e. The summed E-state index contributed by atoms with van der Waals surface area (Å²) in [6.07, 6.45) is 1.01. The van der Waals surface area contributed by atoms with Gasteiger partial charge in [0.05, 0.1) is 6.04 Å². The van der Waals surface area contributed by atoms with E-state index in [1.165, 1.54) is 21.2 Å². The third-order valence-corrected chi connectivity index (χ3v) is 4.92. The molecule has 1 N–H and O–H groups in total. The Labute approximate surface area is 134 Å². The van der Waals surface area contributed by atoms with E-state index < -0.39 is 0 Å². The molecule has 0 aliphatic carbocycles. The molecule has 0 radical (unpaired) electrons. The molecule has 0 saturated carbocycles. The Morgan fingerprint density at radius 1 is 1.15 bits per heavy atom. The number of hydrogen-bond donors (Lipinski definition) is 1. The first-order valence-electron chi connectivity index (χ1n) is 6.80. The number of aryl methyl sites for hydroxylation is 2. The molecule has 0 amide bonds. The van der Waals surface area contributed by atoms with Crippen LogP contribution < -0.4 is 5.32 Å². The van der Waals surface area contributed by atoms with Crippen LogP contribution in [0.5, 0.6) is 0 Å². The molecule has 0 aliphatic rings. The molecule has 3 heteroatoms. The van der Waals surface area contributed by atoms with E-state index in [2.05, 4.69) is 60.2 Å². The maximum absolute atomic E-state index is 6.09. The molecule has 0 heterocycles. The minimum absolute atomic E-state index is 0.272. The van der Waals surface area contributed by atoms with Crippen molar-refractivity contribution in [1.82, 2.24) is 0 Å². The highest BCUT2D eigenvalue weighted by Gasteiger charge is 2.11. The van der Waals surface area contributed by atoms with Gasteiger partial charge < -0.3 is 5.32 Å². The fraction of sp³-hybridized carbons (Fsp3) is 0.294. The van der Waals surface area contributed by atoms with E-state index in [0.29, 0.717) is 0 Å². The van der Waals surface area contributed by atoms with Gasteiger partial charge in [-0.15, -0.1) is 0 Å². The summed E-state index contributed by atoms with van der Waals surface area (Å²) in [5, 5.41) is 4.38. The number of rotatable bonds is 4. The normalized spacial score (nSPS) is 12.2. The van der Waals surface area contributed by atoms with Crippen LogP contribution in [-0.2, 0) is 0 Å². The predicted molar refractivity (Wildman–Crippen MR) is 91.7 cm³/mol. The van der Waals surface area contributed by atoms with Gasteiger partial charge in [-0.05, 0) is 61.2 Å². The summed E-state index contributed by atoms with van der Waals surface area (Å²) in [5.74, 6) is 0. The molecule has 1 unspecified atom stereocenters. The summed E-state index contributed by atoms with van der Waals surface area (Å²) in [4.78, 5) is 0. The van der Waals surface area contributed by atoms with Crippen molar-refractivity contribution in [2.45, 2.75) is 33.2 Å². The number of halogens is 2. The van der Waals surface area contributed by atoms with E-state index in [-0.39, 0.29) is 6.04 Å². The van der Waals surface area contributed by atoms with Crippen molar-refractivity contribution in [3.8, 4) is 0 Å². The lowest BCUT2D eigenvalue weighted by Crippen LogP contribution is -2.10. The number of anilines is 1. The van der Waals surface area contributed by atoms with E-state index in [1.807, 2.05) is 18.2 Å². The molecule has 1 nitrogen and oxygen atoms in total. The summed E-state index contributed by atoms with van der Waals surface area (Å²) < 4.78 is 1.18. The molecule has 106 valence electrons. The lowest BCUT2D eigenvalue weighted by molar-refractivity contribution is 0.749. The van der Waals surface area contributed by atoms with Gasteiger partial charge in [0, 0.05) is 15.2 Å². The molecule has 2 rings (SSSR count). The van der Waals surface area contributed by atoms with Crippen molar-refractivity contribution in [2.75, 3.05) is 5.32 Å². The Morgan fingerprint density at radius 3 is 2.35 bits per heavy atom. The zero-order chi connectivity index (χ0) is 14.7. The molecule has 0 aromatic heterocycles. The third-order valence-electron chi connectivity index (χ3n) is 3.44. The zero-order valence-electron chi connectivity index (χ0n) is 12.0. The van der Waals surface area contributed by atoms with Gasteiger partial charge in [0.25, 0.3) is 0 Å². The SMILES string of the molecule is CCC(Nc1cc(C)c(Br)c(C)c1)c1cccc(Cl)c1. The molecular formula is C17H19BrClN. The summed E-state index contributed by atoms with van der Waals surface area (Å²) >= 11 is 9.69. The number of hydrogen-bond acceptors (Lipinski definition) is 1. The van der Waals surface area contributed by atoms with Crippen molar-refractivity contribution in [3.63, 3.8) is 0 Å². The molecule has 20 heavy (non-hydrogen) atoms. The van der Waals surface area contributed by atoms with Crippen LogP contribution in [0.1, 0.15) is 36.1 Å². The van der Waals surface area contributed by atoms with E-state index in [9.17, 15) is 0 Å². The Kier molecular flexibility index (Phi) is 5.11. The Hall–Kier alpha value is -0.990. The third kappa shape index (κ3) is 3.56. The minimum Gasteiger partial charge on any atom is -0.378 e. The quantitative estimate of drug-likeness (QED) is 0.682. The highest BCUT2D eigenvalue weighted by atomic mass is 79.9. The predicted octanol–water partition coefficient (Wildman–Crippen LogP) is 6.28. The maximum atomic E-state index is 6.09. The largest absolute Gasteiger partial charge is 0.378 e. The van der Waals surface area contributed by atoms with E-state index >= 15 is 0 Å². The first kappa shape index (κ1) is 15.4.